The molecule has 0 spiro atoms. The standard InChI is InChI=1S/C14H8N2O3/c17-10-6-11(18)16-13-8(10)5-4-7-2-1-3-9(12(7)13)15-14(16)19/h1-6,17H,(H,15,19). The van der Waals surface area contributed by atoms with Gasteiger partial charge in [0, 0.05) is 16.8 Å². The molecule has 2 N–H and O–H groups in total. The molecule has 0 saturated carbocycles. The molecule has 0 saturated heterocycles. The summed E-state index contributed by atoms with van der Waals surface area (Å²) in [5.41, 5.74) is 0.0747. The SMILES string of the molecule is O=c1cc(O)c2ccc3cccc4[nH]c(=O)n1c2c34. The van der Waals surface area contributed by atoms with Gasteiger partial charge in [0.2, 0.25) is 0 Å². The first-order valence-electron chi connectivity index (χ1n) is 5.78. The van der Waals surface area contributed by atoms with Gasteiger partial charge in [-0.2, -0.15) is 0 Å². The molecule has 0 amide bonds. The van der Waals surface area contributed by atoms with Crippen LogP contribution >= 0.6 is 0 Å². The Balaban J connectivity index is 2.59. The highest BCUT2D eigenvalue weighted by Crippen LogP contribution is 2.31. The summed E-state index contributed by atoms with van der Waals surface area (Å²) in [6.07, 6.45) is 0. The van der Waals surface area contributed by atoms with Gasteiger partial charge in [-0.05, 0) is 17.5 Å². The Morgan fingerprint density at radius 1 is 1.11 bits per heavy atom. The lowest BCUT2D eigenvalue weighted by Crippen LogP contribution is -2.28. The van der Waals surface area contributed by atoms with Crippen LogP contribution in [-0.2, 0) is 0 Å². The van der Waals surface area contributed by atoms with Gasteiger partial charge in [-0.3, -0.25) is 4.79 Å². The first kappa shape index (κ1) is 10.1. The zero-order valence-corrected chi connectivity index (χ0v) is 9.68. The van der Waals surface area contributed by atoms with E-state index < -0.39 is 11.2 Å². The van der Waals surface area contributed by atoms with Crippen LogP contribution in [0.3, 0.4) is 0 Å². The molecule has 4 aromatic rings. The fourth-order valence-corrected chi connectivity index (χ4v) is 2.65. The third-order valence-corrected chi connectivity index (χ3v) is 3.44. The van der Waals surface area contributed by atoms with E-state index in [1.807, 2.05) is 18.2 Å². The minimum Gasteiger partial charge on any atom is -0.507 e. The number of H-pyrrole nitrogens is 1. The van der Waals surface area contributed by atoms with Crippen molar-refractivity contribution in [2.75, 3.05) is 0 Å². The Morgan fingerprint density at radius 2 is 1.95 bits per heavy atom. The van der Waals surface area contributed by atoms with Crippen molar-refractivity contribution in [3.05, 3.63) is 57.2 Å². The van der Waals surface area contributed by atoms with Crippen molar-refractivity contribution in [1.29, 1.82) is 0 Å². The summed E-state index contributed by atoms with van der Waals surface area (Å²) in [6.45, 7) is 0. The van der Waals surface area contributed by atoms with Crippen LogP contribution in [0.25, 0.3) is 27.2 Å². The number of benzene rings is 2. The number of hydrogen-bond acceptors (Lipinski definition) is 3. The first-order chi connectivity index (χ1) is 9.16. The van der Waals surface area contributed by atoms with Crippen molar-refractivity contribution in [3.63, 3.8) is 0 Å². The second-order valence-electron chi connectivity index (χ2n) is 4.50. The number of aromatic nitrogens is 2. The molecule has 0 unspecified atom stereocenters. The van der Waals surface area contributed by atoms with E-state index in [2.05, 4.69) is 4.98 Å². The van der Waals surface area contributed by atoms with Gasteiger partial charge in [0.1, 0.15) is 5.75 Å². The number of rotatable bonds is 0. The van der Waals surface area contributed by atoms with Crippen LogP contribution < -0.4 is 11.2 Å². The fourth-order valence-electron chi connectivity index (χ4n) is 2.65. The van der Waals surface area contributed by atoms with Gasteiger partial charge in [0.05, 0.1) is 11.0 Å². The summed E-state index contributed by atoms with van der Waals surface area (Å²) in [5, 5.41) is 12.1. The molecule has 0 fully saturated rings. The molecule has 2 heterocycles. The average Bonchev–Trinajstić information content (AvgIpc) is 2.38. The van der Waals surface area contributed by atoms with Crippen LogP contribution in [0.1, 0.15) is 0 Å². The lowest BCUT2D eigenvalue weighted by molar-refractivity contribution is 0.480. The molecule has 2 aromatic heterocycles. The predicted molar refractivity (Wildman–Crippen MR) is 72.2 cm³/mol. The molecule has 5 nitrogen and oxygen atoms in total. The van der Waals surface area contributed by atoms with Crippen molar-refractivity contribution in [2.45, 2.75) is 0 Å². The Morgan fingerprint density at radius 3 is 2.79 bits per heavy atom. The van der Waals surface area contributed by atoms with Gasteiger partial charge >= 0.3 is 5.69 Å². The highest BCUT2D eigenvalue weighted by Gasteiger charge is 2.14. The first-order valence-corrected chi connectivity index (χ1v) is 5.78. The fraction of sp³-hybridized carbons (Fsp3) is 0. The van der Waals surface area contributed by atoms with Crippen LogP contribution in [-0.4, -0.2) is 14.5 Å². The van der Waals surface area contributed by atoms with E-state index in [4.69, 9.17) is 0 Å². The molecular weight excluding hydrogens is 244 g/mol. The van der Waals surface area contributed by atoms with Crippen molar-refractivity contribution < 1.29 is 5.11 Å². The molecule has 0 radical (unpaired) electrons. The topological polar surface area (TPSA) is 74.6 Å². The summed E-state index contributed by atoms with van der Waals surface area (Å²) in [7, 11) is 0. The molecule has 19 heavy (non-hydrogen) atoms. The number of aromatic hydroxyl groups is 1. The normalized spacial score (nSPS) is 11.8. The van der Waals surface area contributed by atoms with Crippen molar-refractivity contribution in [3.8, 4) is 5.75 Å². The summed E-state index contributed by atoms with van der Waals surface area (Å²) in [4.78, 5) is 26.6. The van der Waals surface area contributed by atoms with Crippen molar-refractivity contribution in [2.24, 2.45) is 0 Å². The average molecular weight is 252 g/mol. The highest BCUT2D eigenvalue weighted by molar-refractivity contribution is 6.14. The predicted octanol–water partition coefficient (Wildman–Crippen LogP) is 1.44. The van der Waals surface area contributed by atoms with E-state index in [9.17, 15) is 14.7 Å². The second kappa shape index (κ2) is 3.14. The smallest absolute Gasteiger partial charge is 0.333 e. The van der Waals surface area contributed by atoms with E-state index in [0.717, 1.165) is 21.2 Å². The van der Waals surface area contributed by atoms with Gasteiger partial charge in [-0.1, -0.05) is 18.2 Å². The molecule has 2 aromatic carbocycles. The third kappa shape index (κ3) is 1.14. The lowest BCUT2D eigenvalue weighted by Gasteiger charge is -2.11. The maximum absolute atomic E-state index is 12.0. The largest absolute Gasteiger partial charge is 0.507 e. The Hall–Kier alpha value is -2.82. The van der Waals surface area contributed by atoms with Crippen LogP contribution in [0.2, 0.25) is 0 Å². The van der Waals surface area contributed by atoms with Gasteiger partial charge in [-0.25, -0.2) is 9.20 Å². The summed E-state index contributed by atoms with van der Waals surface area (Å²) in [5.74, 6) is -0.109. The quantitative estimate of drug-likeness (QED) is 0.465. The van der Waals surface area contributed by atoms with Gasteiger partial charge in [0.15, 0.2) is 0 Å². The van der Waals surface area contributed by atoms with Crippen LogP contribution in [0, 0.1) is 0 Å². The van der Waals surface area contributed by atoms with Gasteiger partial charge in [-0.15, -0.1) is 0 Å². The van der Waals surface area contributed by atoms with E-state index in [-0.39, 0.29) is 5.75 Å². The van der Waals surface area contributed by atoms with Gasteiger partial charge < -0.3 is 10.1 Å². The number of pyridine rings is 1. The van der Waals surface area contributed by atoms with Crippen LogP contribution in [0.15, 0.2) is 46.0 Å². The number of aromatic amines is 1. The van der Waals surface area contributed by atoms with Crippen LogP contribution in [0.5, 0.6) is 5.75 Å². The van der Waals surface area contributed by atoms with E-state index in [1.54, 1.807) is 12.1 Å². The summed E-state index contributed by atoms with van der Waals surface area (Å²) in [6, 6.07) is 10.1. The maximum Gasteiger partial charge on any atom is 0.333 e. The monoisotopic (exact) mass is 252 g/mol. The van der Waals surface area contributed by atoms with Crippen LogP contribution in [0.4, 0.5) is 0 Å². The molecule has 4 rings (SSSR count). The number of nitrogens with one attached hydrogen (secondary N) is 1. The minimum absolute atomic E-state index is 0.109. The number of hydrogen-bond donors (Lipinski definition) is 2. The maximum atomic E-state index is 12.0. The molecule has 0 aliphatic heterocycles. The Bertz CT molecular complexity index is 1060. The summed E-state index contributed by atoms with van der Waals surface area (Å²) >= 11 is 0. The Kier molecular flexibility index (Phi) is 1.67. The second-order valence-corrected chi connectivity index (χ2v) is 4.50. The molecule has 0 bridgehead atoms. The van der Waals surface area contributed by atoms with E-state index in [0.29, 0.717) is 16.4 Å². The molecule has 92 valence electrons. The zero-order chi connectivity index (χ0) is 13.1. The summed E-state index contributed by atoms with van der Waals surface area (Å²) < 4.78 is 1.06. The number of nitrogens with zero attached hydrogens (tertiary/aromatic N) is 1. The minimum atomic E-state index is -0.537. The molecule has 0 aliphatic carbocycles. The third-order valence-electron chi connectivity index (χ3n) is 3.44. The van der Waals surface area contributed by atoms with Crippen molar-refractivity contribution in [1.82, 2.24) is 9.38 Å². The molecule has 0 atom stereocenters. The Labute approximate surface area is 105 Å². The highest BCUT2D eigenvalue weighted by atomic mass is 16.3. The zero-order valence-electron chi connectivity index (χ0n) is 9.68. The molecule has 5 heteroatoms. The molecule has 0 aliphatic rings. The van der Waals surface area contributed by atoms with E-state index in [1.165, 1.54) is 0 Å². The van der Waals surface area contributed by atoms with Gasteiger partial charge in [0.25, 0.3) is 5.56 Å². The van der Waals surface area contributed by atoms with E-state index >= 15 is 0 Å². The lowest BCUT2D eigenvalue weighted by atomic mass is 10.0. The molecular formula is C14H8N2O3. The van der Waals surface area contributed by atoms with Crippen molar-refractivity contribution >= 4 is 27.2 Å².